The molecule has 0 saturated heterocycles. The number of nitrogens with zero attached hydrogens (tertiary/aromatic N) is 2. The Labute approximate surface area is 99.9 Å². The van der Waals surface area contributed by atoms with Crippen LogP contribution in [0.4, 0.5) is 5.13 Å². The van der Waals surface area contributed by atoms with Crippen molar-refractivity contribution < 1.29 is 9.90 Å². The summed E-state index contributed by atoms with van der Waals surface area (Å²) in [5, 5.41) is 9.58. The summed E-state index contributed by atoms with van der Waals surface area (Å²) in [6, 6.07) is 0.368. The highest BCUT2D eigenvalue weighted by Crippen LogP contribution is 2.24. The number of aromatic nitrogens is 1. The molecule has 0 bridgehead atoms. The second-order valence-corrected chi connectivity index (χ2v) is 5.41. The van der Waals surface area contributed by atoms with E-state index in [1.165, 1.54) is 17.5 Å². The van der Waals surface area contributed by atoms with Crippen LogP contribution >= 0.6 is 11.3 Å². The lowest BCUT2D eigenvalue weighted by Crippen LogP contribution is -2.29. The van der Waals surface area contributed by atoms with Crippen LogP contribution in [0.1, 0.15) is 36.9 Å². The average Bonchev–Trinajstić information content (AvgIpc) is 2.64. The summed E-state index contributed by atoms with van der Waals surface area (Å²) in [6.45, 7) is 6.48. The van der Waals surface area contributed by atoms with Crippen LogP contribution in [0.5, 0.6) is 0 Å². The standard InChI is InChI=1S/C11H18N2O2S/c1-7(2)5-8(3)13(4)11-12-6-9(16-11)10(14)15/h6-8H,5H2,1-4H3,(H,14,15). The number of hydrogen-bond donors (Lipinski definition) is 1. The third-order valence-electron chi connectivity index (χ3n) is 2.48. The highest BCUT2D eigenvalue weighted by atomic mass is 32.1. The highest BCUT2D eigenvalue weighted by Gasteiger charge is 2.16. The van der Waals surface area contributed by atoms with Crippen LogP contribution in [0, 0.1) is 5.92 Å². The Hall–Kier alpha value is -1.10. The lowest BCUT2D eigenvalue weighted by molar-refractivity contribution is 0.0702. The van der Waals surface area contributed by atoms with Gasteiger partial charge >= 0.3 is 5.97 Å². The summed E-state index contributed by atoms with van der Waals surface area (Å²) in [7, 11) is 1.96. The van der Waals surface area contributed by atoms with Gasteiger partial charge in [0.2, 0.25) is 0 Å². The van der Waals surface area contributed by atoms with Gasteiger partial charge in [-0.15, -0.1) is 0 Å². The second kappa shape index (κ2) is 5.30. The maximum Gasteiger partial charge on any atom is 0.347 e. The molecule has 1 aromatic rings. The fourth-order valence-electron chi connectivity index (χ4n) is 1.56. The van der Waals surface area contributed by atoms with Crippen LogP contribution in [0.25, 0.3) is 0 Å². The monoisotopic (exact) mass is 242 g/mol. The van der Waals surface area contributed by atoms with E-state index in [2.05, 4.69) is 25.8 Å². The molecule has 1 N–H and O–H groups in total. The molecule has 16 heavy (non-hydrogen) atoms. The molecule has 0 aromatic carbocycles. The molecule has 90 valence electrons. The fourth-order valence-corrected chi connectivity index (χ4v) is 2.37. The van der Waals surface area contributed by atoms with E-state index >= 15 is 0 Å². The molecule has 5 heteroatoms. The van der Waals surface area contributed by atoms with E-state index < -0.39 is 5.97 Å². The van der Waals surface area contributed by atoms with E-state index in [1.807, 2.05) is 11.9 Å². The molecule has 0 amide bonds. The third-order valence-corrected chi connectivity index (χ3v) is 3.56. The molecule has 1 heterocycles. The van der Waals surface area contributed by atoms with Crippen molar-refractivity contribution in [1.29, 1.82) is 0 Å². The number of hydrogen-bond acceptors (Lipinski definition) is 4. The molecule has 0 saturated carbocycles. The van der Waals surface area contributed by atoms with E-state index in [-0.39, 0.29) is 0 Å². The zero-order valence-corrected chi connectivity index (χ0v) is 10.9. The maximum absolute atomic E-state index is 10.7. The molecule has 4 nitrogen and oxygen atoms in total. The minimum absolute atomic E-state index is 0.290. The van der Waals surface area contributed by atoms with Crippen molar-refractivity contribution >= 4 is 22.4 Å². The van der Waals surface area contributed by atoms with Crippen LogP contribution in [-0.2, 0) is 0 Å². The molecule has 0 fully saturated rings. The molecule has 0 spiro atoms. The average molecular weight is 242 g/mol. The number of thiazole rings is 1. The van der Waals surface area contributed by atoms with E-state index in [0.717, 1.165) is 11.6 Å². The number of carboxylic acids is 1. The smallest absolute Gasteiger partial charge is 0.347 e. The molecule has 0 aliphatic heterocycles. The Balaban J connectivity index is 2.71. The van der Waals surface area contributed by atoms with Gasteiger partial charge in [0.15, 0.2) is 5.13 Å². The van der Waals surface area contributed by atoms with Gasteiger partial charge in [-0.2, -0.15) is 0 Å². The van der Waals surface area contributed by atoms with Gasteiger partial charge in [0.05, 0.1) is 6.20 Å². The van der Waals surface area contributed by atoms with Gasteiger partial charge in [-0.1, -0.05) is 25.2 Å². The predicted octanol–water partition coefficient (Wildman–Crippen LogP) is 2.71. The van der Waals surface area contributed by atoms with Crippen molar-refractivity contribution in [3.63, 3.8) is 0 Å². The maximum atomic E-state index is 10.7. The first-order chi connectivity index (χ1) is 7.41. The van der Waals surface area contributed by atoms with Crippen molar-refractivity contribution in [3.05, 3.63) is 11.1 Å². The molecule has 0 aliphatic carbocycles. The van der Waals surface area contributed by atoms with Gasteiger partial charge in [0, 0.05) is 13.1 Å². The van der Waals surface area contributed by atoms with Gasteiger partial charge in [-0.25, -0.2) is 9.78 Å². The van der Waals surface area contributed by atoms with Crippen molar-refractivity contribution in [1.82, 2.24) is 4.98 Å². The number of carboxylic acid groups (broad SMARTS) is 1. The van der Waals surface area contributed by atoms with Crippen molar-refractivity contribution in [2.75, 3.05) is 11.9 Å². The van der Waals surface area contributed by atoms with Crippen LogP contribution in [-0.4, -0.2) is 29.1 Å². The SMILES string of the molecule is CC(C)CC(C)N(C)c1ncc(C(=O)O)s1. The lowest BCUT2D eigenvalue weighted by atomic mass is 10.0. The second-order valence-electron chi connectivity index (χ2n) is 4.40. The zero-order valence-electron chi connectivity index (χ0n) is 10.1. The van der Waals surface area contributed by atoms with Gasteiger partial charge in [0.1, 0.15) is 4.88 Å². The van der Waals surface area contributed by atoms with Gasteiger partial charge in [0.25, 0.3) is 0 Å². The Kier molecular flexibility index (Phi) is 4.29. The molecule has 0 radical (unpaired) electrons. The van der Waals surface area contributed by atoms with Crippen LogP contribution in [0.3, 0.4) is 0 Å². The molecular weight excluding hydrogens is 224 g/mol. The summed E-state index contributed by atoms with van der Waals surface area (Å²) in [5.41, 5.74) is 0. The minimum Gasteiger partial charge on any atom is -0.477 e. The molecule has 0 aliphatic rings. The van der Waals surface area contributed by atoms with E-state index in [0.29, 0.717) is 16.8 Å². The lowest BCUT2D eigenvalue weighted by Gasteiger charge is -2.25. The largest absolute Gasteiger partial charge is 0.477 e. The normalized spacial score (nSPS) is 12.8. The molecular formula is C11H18N2O2S. The summed E-state index contributed by atoms with van der Waals surface area (Å²) in [4.78, 5) is 17.2. The summed E-state index contributed by atoms with van der Waals surface area (Å²) < 4.78 is 0. The Bertz CT molecular complexity index is 363. The predicted molar refractivity (Wildman–Crippen MR) is 66.4 cm³/mol. The van der Waals surface area contributed by atoms with Crippen LogP contribution < -0.4 is 4.90 Å². The van der Waals surface area contributed by atoms with E-state index in [4.69, 9.17) is 5.11 Å². The summed E-state index contributed by atoms with van der Waals surface area (Å²) >= 11 is 1.22. The molecule has 1 aromatic heterocycles. The van der Waals surface area contributed by atoms with Gasteiger partial charge in [-0.05, 0) is 19.3 Å². The van der Waals surface area contributed by atoms with E-state index in [1.54, 1.807) is 0 Å². The van der Waals surface area contributed by atoms with Crippen LogP contribution in [0.15, 0.2) is 6.20 Å². The first-order valence-electron chi connectivity index (χ1n) is 5.33. The number of anilines is 1. The number of carbonyl (C=O) groups is 1. The Morgan fingerprint density at radius 3 is 2.62 bits per heavy atom. The summed E-state index contributed by atoms with van der Waals surface area (Å²) in [6.07, 6.45) is 2.49. The topological polar surface area (TPSA) is 53.4 Å². The summed E-state index contributed by atoms with van der Waals surface area (Å²) in [5.74, 6) is -0.287. The molecule has 1 unspecified atom stereocenters. The molecule has 1 atom stereocenters. The third kappa shape index (κ3) is 3.20. The Morgan fingerprint density at radius 2 is 2.19 bits per heavy atom. The minimum atomic E-state index is -0.909. The molecule has 1 rings (SSSR count). The number of aromatic carboxylic acids is 1. The quantitative estimate of drug-likeness (QED) is 0.862. The van der Waals surface area contributed by atoms with Crippen LogP contribution in [0.2, 0.25) is 0 Å². The first kappa shape index (κ1) is 13.0. The number of rotatable bonds is 5. The van der Waals surface area contributed by atoms with Crippen molar-refractivity contribution in [2.45, 2.75) is 33.2 Å². The first-order valence-corrected chi connectivity index (χ1v) is 6.15. The van der Waals surface area contributed by atoms with Crippen molar-refractivity contribution in [3.8, 4) is 0 Å². The fraction of sp³-hybridized carbons (Fsp3) is 0.636. The highest BCUT2D eigenvalue weighted by molar-refractivity contribution is 7.17. The zero-order chi connectivity index (χ0) is 12.3. The van der Waals surface area contributed by atoms with Gasteiger partial charge in [-0.3, -0.25) is 0 Å². The van der Waals surface area contributed by atoms with E-state index in [9.17, 15) is 4.79 Å². The Morgan fingerprint density at radius 1 is 1.56 bits per heavy atom. The van der Waals surface area contributed by atoms with Crippen molar-refractivity contribution in [2.24, 2.45) is 5.92 Å². The van der Waals surface area contributed by atoms with Gasteiger partial charge < -0.3 is 10.0 Å².